The predicted octanol–water partition coefficient (Wildman–Crippen LogP) is 7.81. The van der Waals surface area contributed by atoms with E-state index in [4.69, 9.17) is 4.74 Å². The minimum absolute atomic E-state index is 0.0413. The molecule has 0 saturated carbocycles. The number of hydrogen-bond donors (Lipinski definition) is 1. The van der Waals surface area contributed by atoms with Crippen molar-refractivity contribution in [3.8, 4) is 0 Å². The van der Waals surface area contributed by atoms with Crippen LogP contribution in [0.4, 0.5) is 56.8 Å². The Bertz CT molecular complexity index is 1630. The van der Waals surface area contributed by atoms with Gasteiger partial charge in [0.1, 0.15) is 0 Å². The average Bonchev–Trinajstić information content (AvgIpc) is 3.03. The first-order valence-electron chi connectivity index (χ1n) is 14.9. The number of carbonyl (C=O) groups is 1. The van der Waals surface area contributed by atoms with Crippen LogP contribution in [0.3, 0.4) is 0 Å². The molecule has 0 spiro atoms. The van der Waals surface area contributed by atoms with Gasteiger partial charge < -0.3 is 19.9 Å². The number of halogens is 9. The summed E-state index contributed by atoms with van der Waals surface area (Å²) in [6.07, 6.45) is -12.3. The van der Waals surface area contributed by atoms with Gasteiger partial charge in [0, 0.05) is 31.2 Å². The number of rotatable bonds is 7. The largest absolute Gasteiger partial charge is 0.416 e. The van der Waals surface area contributed by atoms with E-state index >= 15 is 0 Å². The first-order chi connectivity index (χ1) is 22.5. The van der Waals surface area contributed by atoms with E-state index in [1.807, 2.05) is 0 Å². The smallest absolute Gasteiger partial charge is 0.378 e. The van der Waals surface area contributed by atoms with E-state index in [1.165, 1.54) is 17.2 Å². The van der Waals surface area contributed by atoms with Gasteiger partial charge in [-0.3, -0.25) is 4.79 Å². The molecule has 0 aliphatic carbocycles. The second-order valence-corrected chi connectivity index (χ2v) is 11.4. The molecular weight excluding hydrogens is 657 g/mol. The summed E-state index contributed by atoms with van der Waals surface area (Å²) < 4.78 is 128. The van der Waals surface area contributed by atoms with Crippen LogP contribution < -0.4 is 15.1 Å². The number of aromatic nitrogens is 2. The van der Waals surface area contributed by atoms with E-state index in [0.717, 1.165) is 18.2 Å². The fraction of sp³-hybridized carbons (Fsp3) is 0.406. The van der Waals surface area contributed by atoms with Gasteiger partial charge in [-0.2, -0.15) is 39.5 Å². The second kappa shape index (κ2) is 13.3. The van der Waals surface area contributed by atoms with E-state index in [9.17, 15) is 44.3 Å². The number of carbonyl (C=O) groups excluding carboxylic acids is 1. The van der Waals surface area contributed by atoms with Crippen LogP contribution >= 0.6 is 0 Å². The molecule has 1 N–H and O–H groups in total. The normalized spacial score (nSPS) is 18.8. The standard InChI is InChI=1S/C32H30F9N5O2/c1-3-22-16-24(23-15-19(30(33,34)35)5-6-26(23)46(22)28(47)4-2)43-29-42-17-27(45-7-9-48-10-8-45)25(44-29)13-18-11-20(31(36,37)38)14-21(12-18)32(39,40)41/h4-6,11-12,14-15,17,22,24H,2-3,7-10,13,16H2,1H3,(H,42,43,44)/t22-,24+/m1/s1. The number of amides is 1. The Morgan fingerprint density at radius 2 is 1.56 bits per heavy atom. The third-order valence-electron chi connectivity index (χ3n) is 8.27. The minimum atomic E-state index is -5.05. The van der Waals surface area contributed by atoms with Crippen LogP contribution in [0, 0.1) is 0 Å². The van der Waals surface area contributed by atoms with Crippen molar-refractivity contribution in [2.75, 3.05) is 41.4 Å². The Balaban J connectivity index is 1.58. The Morgan fingerprint density at radius 1 is 0.938 bits per heavy atom. The maximum atomic E-state index is 13.8. The Hall–Kier alpha value is -4.34. The molecule has 16 heteroatoms. The van der Waals surface area contributed by atoms with E-state index in [2.05, 4.69) is 21.9 Å². The van der Waals surface area contributed by atoms with Crippen molar-refractivity contribution >= 4 is 23.2 Å². The summed E-state index contributed by atoms with van der Waals surface area (Å²) in [5, 5.41) is 3.03. The zero-order chi connectivity index (χ0) is 35.0. The Morgan fingerprint density at radius 3 is 2.12 bits per heavy atom. The summed E-state index contributed by atoms with van der Waals surface area (Å²) in [4.78, 5) is 24.8. The lowest BCUT2D eigenvalue weighted by molar-refractivity contribution is -0.143. The van der Waals surface area contributed by atoms with Crippen LogP contribution in [0.15, 0.2) is 55.3 Å². The summed E-state index contributed by atoms with van der Waals surface area (Å²) in [5.41, 5.74) is -3.42. The summed E-state index contributed by atoms with van der Waals surface area (Å²) in [5.74, 6) is -0.620. The number of fused-ring (bicyclic) bond motifs is 1. The number of nitrogens with one attached hydrogen (secondary N) is 1. The Labute approximate surface area is 269 Å². The molecule has 0 radical (unpaired) electrons. The van der Waals surface area contributed by atoms with Gasteiger partial charge in [0.05, 0.1) is 53.5 Å². The molecule has 1 aromatic heterocycles. The van der Waals surface area contributed by atoms with Gasteiger partial charge in [-0.1, -0.05) is 13.5 Å². The Kier molecular flexibility index (Phi) is 9.68. The van der Waals surface area contributed by atoms with Gasteiger partial charge in [-0.05, 0) is 66.4 Å². The van der Waals surface area contributed by atoms with Crippen molar-refractivity contribution in [3.63, 3.8) is 0 Å². The highest BCUT2D eigenvalue weighted by atomic mass is 19.4. The fourth-order valence-corrected chi connectivity index (χ4v) is 5.96. The first-order valence-corrected chi connectivity index (χ1v) is 14.9. The number of morpholine rings is 1. The molecule has 3 aromatic rings. The monoisotopic (exact) mass is 687 g/mol. The van der Waals surface area contributed by atoms with Crippen LogP contribution in [0.25, 0.3) is 0 Å². The molecule has 48 heavy (non-hydrogen) atoms. The SMILES string of the molecule is C=CC(=O)N1c2ccc(C(F)(F)F)cc2[C@@H](Nc2ncc(N3CCOCC3)c(Cc3cc(C(F)(F)F)cc(C(F)(F)F)c3)n2)C[C@H]1CC. The van der Waals surface area contributed by atoms with Gasteiger partial charge in [-0.25, -0.2) is 9.97 Å². The van der Waals surface area contributed by atoms with Crippen molar-refractivity contribution in [2.45, 2.75) is 56.8 Å². The molecule has 0 unspecified atom stereocenters. The molecule has 2 atom stereocenters. The van der Waals surface area contributed by atoms with Gasteiger partial charge >= 0.3 is 18.5 Å². The molecule has 0 bridgehead atoms. The molecule has 1 fully saturated rings. The van der Waals surface area contributed by atoms with E-state index in [0.29, 0.717) is 50.5 Å². The molecule has 1 saturated heterocycles. The zero-order valence-corrected chi connectivity index (χ0v) is 25.4. The second-order valence-electron chi connectivity index (χ2n) is 11.4. The molecule has 5 rings (SSSR count). The summed E-state index contributed by atoms with van der Waals surface area (Å²) in [6.45, 7) is 6.62. The van der Waals surface area contributed by atoms with E-state index in [-0.39, 0.29) is 40.9 Å². The lowest BCUT2D eigenvalue weighted by Crippen LogP contribution is -2.45. The number of anilines is 3. The van der Waals surface area contributed by atoms with Crippen LogP contribution in [0.1, 0.15) is 59.3 Å². The van der Waals surface area contributed by atoms with Crippen molar-refractivity contribution in [1.29, 1.82) is 0 Å². The third kappa shape index (κ3) is 7.53. The lowest BCUT2D eigenvalue weighted by atomic mass is 9.88. The molecule has 2 aliphatic heterocycles. The number of hydrogen-bond acceptors (Lipinski definition) is 6. The topological polar surface area (TPSA) is 70.6 Å². The van der Waals surface area contributed by atoms with Crippen LogP contribution in [0.5, 0.6) is 0 Å². The van der Waals surface area contributed by atoms with Crippen molar-refractivity contribution < 1.29 is 49.0 Å². The minimum Gasteiger partial charge on any atom is -0.378 e. The van der Waals surface area contributed by atoms with Crippen LogP contribution in [-0.4, -0.2) is 48.2 Å². The van der Waals surface area contributed by atoms with Crippen molar-refractivity contribution in [3.05, 3.63) is 88.8 Å². The predicted molar refractivity (Wildman–Crippen MR) is 159 cm³/mol. The number of alkyl halides is 9. The summed E-state index contributed by atoms with van der Waals surface area (Å²) in [6, 6.07) is 2.97. The molecule has 2 aromatic carbocycles. The van der Waals surface area contributed by atoms with Crippen LogP contribution in [0.2, 0.25) is 0 Å². The molecular formula is C32H30F9N5O2. The summed E-state index contributed by atoms with van der Waals surface area (Å²) in [7, 11) is 0. The number of ether oxygens (including phenoxy) is 1. The molecule has 258 valence electrons. The maximum Gasteiger partial charge on any atom is 0.416 e. The van der Waals surface area contributed by atoms with Gasteiger partial charge in [0.25, 0.3) is 5.91 Å². The lowest BCUT2D eigenvalue weighted by Gasteiger charge is -2.40. The quantitative estimate of drug-likeness (QED) is 0.202. The van der Waals surface area contributed by atoms with Crippen molar-refractivity contribution in [1.82, 2.24) is 9.97 Å². The van der Waals surface area contributed by atoms with Gasteiger partial charge in [-0.15, -0.1) is 0 Å². The third-order valence-corrected chi connectivity index (χ3v) is 8.27. The van der Waals surface area contributed by atoms with E-state index < -0.39 is 59.6 Å². The number of nitrogens with zero attached hydrogens (tertiary/aromatic N) is 4. The van der Waals surface area contributed by atoms with Gasteiger partial charge in [0.15, 0.2) is 0 Å². The highest BCUT2D eigenvalue weighted by Crippen LogP contribution is 2.43. The van der Waals surface area contributed by atoms with Crippen LogP contribution in [-0.2, 0) is 34.5 Å². The average molecular weight is 688 g/mol. The highest BCUT2D eigenvalue weighted by molar-refractivity contribution is 6.02. The molecule has 7 nitrogen and oxygen atoms in total. The van der Waals surface area contributed by atoms with E-state index in [1.54, 1.807) is 11.8 Å². The highest BCUT2D eigenvalue weighted by Gasteiger charge is 2.39. The molecule has 1 amide bonds. The van der Waals surface area contributed by atoms with Crippen molar-refractivity contribution in [2.24, 2.45) is 0 Å². The number of benzene rings is 2. The summed E-state index contributed by atoms with van der Waals surface area (Å²) >= 11 is 0. The molecule has 2 aliphatic rings. The molecule has 3 heterocycles. The maximum absolute atomic E-state index is 13.8. The first kappa shape index (κ1) is 35.0. The fourth-order valence-electron chi connectivity index (χ4n) is 5.96. The zero-order valence-electron chi connectivity index (χ0n) is 25.4. The van der Waals surface area contributed by atoms with Gasteiger partial charge in [0.2, 0.25) is 5.95 Å².